The Hall–Kier alpha value is 0.734. The second kappa shape index (κ2) is 5.38. The van der Waals surface area contributed by atoms with E-state index in [1.54, 1.807) is 3.88 Å². The van der Waals surface area contributed by atoms with E-state index in [0.29, 0.717) is 5.54 Å². The molecule has 0 bridgehead atoms. The minimum absolute atomic E-state index is 0. The van der Waals surface area contributed by atoms with Gasteiger partial charge in [-0.2, -0.15) is 0 Å². The summed E-state index contributed by atoms with van der Waals surface area (Å²) in [6, 6.07) is 0. The van der Waals surface area contributed by atoms with Crippen molar-refractivity contribution < 1.29 is 41.7 Å². The summed E-state index contributed by atoms with van der Waals surface area (Å²) in [5, 5.41) is 0. The van der Waals surface area contributed by atoms with Gasteiger partial charge >= 0.3 is 84.9 Å². The molecule has 0 amide bonds. The van der Waals surface area contributed by atoms with Crippen LogP contribution in [-0.2, 0) is 16.8 Å². The van der Waals surface area contributed by atoms with Gasteiger partial charge in [0.1, 0.15) is 0 Å². The molecule has 2 aliphatic rings. The summed E-state index contributed by atoms with van der Waals surface area (Å²) >= 11 is -1.62. The van der Waals surface area contributed by atoms with Gasteiger partial charge in [0.05, 0.1) is 0 Å². The van der Waals surface area contributed by atoms with Crippen molar-refractivity contribution in [3.8, 4) is 0 Å². The molecule has 15 heavy (non-hydrogen) atoms. The molecule has 0 saturated carbocycles. The van der Waals surface area contributed by atoms with Gasteiger partial charge < -0.3 is 24.8 Å². The van der Waals surface area contributed by atoms with E-state index in [2.05, 4.69) is 42.8 Å². The van der Waals surface area contributed by atoms with E-state index in [0.717, 1.165) is 0 Å². The zero-order valence-corrected chi connectivity index (χ0v) is 12.7. The maximum absolute atomic E-state index is 3.93. The van der Waals surface area contributed by atoms with Gasteiger partial charge in [-0.1, -0.05) is 0 Å². The first-order chi connectivity index (χ1) is 6.02. The zero-order chi connectivity index (χ0) is 9.53. The molecule has 1 saturated heterocycles. The predicted molar refractivity (Wildman–Crippen MR) is 54.3 cm³/mol. The van der Waals surface area contributed by atoms with Crippen molar-refractivity contribution in [2.24, 2.45) is 0 Å². The molecule has 4 heteroatoms. The van der Waals surface area contributed by atoms with Crippen LogP contribution in [0, 0.1) is 0 Å². The first-order valence-corrected chi connectivity index (χ1v) is 8.94. The summed E-state index contributed by atoms with van der Waals surface area (Å²) in [6.07, 6.45) is 8.13. The molecule has 0 spiro atoms. The van der Waals surface area contributed by atoms with Gasteiger partial charge in [0.2, 0.25) is 0 Å². The zero-order valence-electron chi connectivity index (χ0n) is 9.61. The maximum Gasteiger partial charge on any atom is -1.00 e. The van der Waals surface area contributed by atoms with Gasteiger partial charge in [0, 0.05) is 0 Å². The first-order valence-electron chi connectivity index (χ1n) is 5.17. The molecule has 1 aliphatic heterocycles. The van der Waals surface area contributed by atoms with Gasteiger partial charge in [0.15, 0.2) is 0 Å². The standard InChI is InChI=1S/C5H5.C4H10N.C2H4.2ClH.Ti/c1-2-4-5-3-1;1-4(2,3)5;1-2;;;/h1-3H,4H2;5H,1-3H3;1-2H2;2*1H;/q;-1;;;;+3/p-2. The molecule has 2 rings (SSSR count). The number of hydrogen-bond acceptors (Lipinski definition) is 1. The van der Waals surface area contributed by atoms with Crippen molar-refractivity contribution in [1.29, 1.82) is 0 Å². The van der Waals surface area contributed by atoms with E-state index in [1.165, 1.54) is 15.9 Å². The Bertz CT molecular complexity index is 275. The Morgan fingerprint density at radius 1 is 1.20 bits per heavy atom. The summed E-state index contributed by atoms with van der Waals surface area (Å²) in [5.41, 5.74) is 0.319. The average Bonchev–Trinajstić information content (AvgIpc) is 2.60. The Morgan fingerprint density at radius 3 is 2.13 bits per heavy atom. The monoisotopic (exact) mass is 283 g/mol. The SMILES string of the molecule is CC(C)(C)[NH][Ti+2]1([C]2=CC=CC2)[CH2][CH2]1.[Cl-].[Cl-]. The van der Waals surface area contributed by atoms with E-state index in [-0.39, 0.29) is 24.8 Å². The molecular weight excluding hydrogens is 265 g/mol. The van der Waals surface area contributed by atoms with E-state index in [1.807, 2.05) is 0 Å². The van der Waals surface area contributed by atoms with Crippen LogP contribution < -0.4 is 28.6 Å². The summed E-state index contributed by atoms with van der Waals surface area (Å²) in [5.74, 6) is 0. The summed E-state index contributed by atoms with van der Waals surface area (Å²) < 4.78 is 8.71. The van der Waals surface area contributed by atoms with Crippen LogP contribution in [0.25, 0.3) is 0 Å². The van der Waals surface area contributed by atoms with Gasteiger partial charge in [-0.3, -0.25) is 0 Å². The summed E-state index contributed by atoms with van der Waals surface area (Å²) in [4.78, 5) is 0. The topological polar surface area (TPSA) is 12.0 Å². The number of hydrogen-bond donors (Lipinski definition) is 1. The number of halogens is 2. The fourth-order valence-electron chi connectivity index (χ4n) is 2.17. The molecule has 0 aromatic heterocycles. The first kappa shape index (κ1) is 15.7. The molecule has 0 radical (unpaired) electrons. The molecule has 0 atom stereocenters. The minimum atomic E-state index is -1.62. The van der Waals surface area contributed by atoms with Gasteiger partial charge in [0.25, 0.3) is 0 Å². The van der Waals surface area contributed by atoms with Crippen LogP contribution in [0.1, 0.15) is 27.2 Å². The van der Waals surface area contributed by atoms with Crippen LogP contribution >= 0.6 is 0 Å². The third-order valence-electron chi connectivity index (χ3n) is 2.75. The van der Waals surface area contributed by atoms with Crippen molar-refractivity contribution in [3.63, 3.8) is 0 Å². The van der Waals surface area contributed by atoms with Gasteiger partial charge in [-0.25, -0.2) is 0 Å². The molecule has 0 aromatic carbocycles. The molecule has 1 aliphatic carbocycles. The third kappa shape index (κ3) is 3.91. The van der Waals surface area contributed by atoms with Crippen molar-refractivity contribution in [2.45, 2.75) is 42.2 Å². The van der Waals surface area contributed by atoms with Crippen molar-refractivity contribution in [3.05, 3.63) is 22.1 Å². The van der Waals surface area contributed by atoms with Crippen molar-refractivity contribution >= 4 is 0 Å². The maximum atomic E-state index is 3.93. The molecule has 1 heterocycles. The predicted octanol–water partition coefficient (Wildman–Crippen LogP) is -2.85. The average molecular weight is 284 g/mol. The van der Waals surface area contributed by atoms with Gasteiger partial charge in [-0.05, 0) is 0 Å². The summed E-state index contributed by atoms with van der Waals surface area (Å²) in [7, 11) is 0. The Kier molecular flexibility index (Phi) is 5.64. The van der Waals surface area contributed by atoms with Crippen LogP contribution in [0.5, 0.6) is 0 Å². The number of allylic oxidation sites excluding steroid dienone is 4. The Labute approximate surface area is 109 Å². The number of rotatable bonds is 2. The largest absolute Gasteiger partial charge is 1.00 e. The van der Waals surface area contributed by atoms with E-state index in [4.69, 9.17) is 0 Å². The molecule has 0 aromatic rings. The molecular formula is C11H19Cl2NTi. The third-order valence-corrected chi connectivity index (χ3v) is 9.51. The second-order valence-electron chi connectivity index (χ2n) is 5.28. The number of nitrogens with one attached hydrogen (secondary N) is 1. The molecule has 0 unspecified atom stereocenters. The van der Waals surface area contributed by atoms with Crippen LogP contribution in [0.3, 0.4) is 0 Å². The van der Waals surface area contributed by atoms with Crippen LogP contribution in [0.2, 0.25) is 9.45 Å². The minimum Gasteiger partial charge on any atom is -1.00 e. The Balaban J connectivity index is 0.000000980. The van der Waals surface area contributed by atoms with Gasteiger partial charge in [-0.15, -0.1) is 0 Å². The van der Waals surface area contributed by atoms with Crippen LogP contribution in [0.15, 0.2) is 22.1 Å². The van der Waals surface area contributed by atoms with Crippen molar-refractivity contribution in [1.82, 2.24) is 3.80 Å². The van der Waals surface area contributed by atoms with Crippen molar-refractivity contribution in [2.75, 3.05) is 0 Å². The fraction of sp³-hybridized carbons (Fsp3) is 0.636. The quantitative estimate of drug-likeness (QED) is 0.538. The molecule has 86 valence electrons. The van der Waals surface area contributed by atoms with E-state index in [9.17, 15) is 0 Å². The smallest absolute Gasteiger partial charge is 1.00 e. The second-order valence-corrected chi connectivity index (χ2v) is 11.6. The Morgan fingerprint density at radius 2 is 1.80 bits per heavy atom. The molecule has 1 fully saturated rings. The normalized spacial score (nSPS) is 19.3. The van der Waals surface area contributed by atoms with E-state index >= 15 is 0 Å². The summed E-state index contributed by atoms with van der Waals surface area (Å²) in [6.45, 7) is 6.88. The molecule has 1 nitrogen and oxygen atoms in total. The van der Waals surface area contributed by atoms with Crippen LogP contribution in [0.4, 0.5) is 0 Å². The fourth-order valence-corrected chi connectivity index (χ4v) is 9.50. The van der Waals surface area contributed by atoms with Crippen LogP contribution in [-0.4, -0.2) is 5.54 Å². The van der Waals surface area contributed by atoms with E-state index < -0.39 is 16.8 Å². The molecule has 1 N–H and O–H groups in total.